The fourth-order valence-corrected chi connectivity index (χ4v) is 5.09. The van der Waals surface area contributed by atoms with Crippen LogP contribution in [0.15, 0.2) is 60.8 Å². The van der Waals surface area contributed by atoms with Gasteiger partial charge in [0.25, 0.3) is 0 Å². The number of hydrogen-bond acceptors (Lipinski definition) is 3. The van der Waals surface area contributed by atoms with Crippen LogP contribution in [-0.2, 0) is 4.79 Å². The molecule has 2 aromatic heterocycles. The molecule has 1 saturated carbocycles. The molecule has 0 bridgehead atoms. The van der Waals surface area contributed by atoms with Gasteiger partial charge in [0.15, 0.2) is 5.11 Å². The highest BCUT2D eigenvalue weighted by atomic mass is 32.1. The van der Waals surface area contributed by atoms with E-state index in [0.29, 0.717) is 11.2 Å². The number of benzene rings is 1. The van der Waals surface area contributed by atoms with E-state index in [1.165, 1.54) is 29.8 Å². The zero-order valence-corrected chi connectivity index (χ0v) is 19.1. The van der Waals surface area contributed by atoms with Gasteiger partial charge in [0.2, 0.25) is 5.91 Å². The Hall–Kier alpha value is -3.19. The van der Waals surface area contributed by atoms with Crippen molar-refractivity contribution in [3.63, 3.8) is 0 Å². The van der Waals surface area contributed by atoms with Crippen LogP contribution in [0.3, 0.4) is 0 Å². The topological polar surface area (TPSA) is 62.2 Å². The van der Waals surface area contributed by atoms with E-state index in [1.54, 1.807) is 6.20 Å². The average Bonchev–Trinajstić information content (AvgIpc) is 3.51. The molecule has 164 valence electrons. The minimum atomic E-state index is -0.124. The van der Waals surface area contributed by atoms with Crippen LogP contribution in [0.25, 0.3) is 0 Å². The molecule has 1 aliphatic carbocycles. The van der Waals surface area contributed by atoms with E-state index in [9.17, 15) is 4.79 Å². The first kappa shape index (κ1) is 20.7. The number of aryl methyl sites for hydroxylation is 1. The van der Waals surface area contributed by atoms with Gasteiger partial charge in [0, 0.05) is 29.3 Å². The van der Waals surface area contributed by atoms with Crippen LogP contribution in [0, 0.1) is 13.8 Å². The molecule has 2 fully saturated rings. The van der Waals surface area contributed by atoms with Crippen molar-refractivity contribution in [1.82, 2.24) is 19.8 Å². The second-order valence-corrected chi connectivity index (χ2v) is 8.98. The van der Waals surface area contributed by atoms with Gasteiger partial charge in [-0.1, -0.05) is 24.3 Å². The number of pyridine rings is 1. The predicted molar refractivity (Wildman–Crippen MR) is 129 cm³/mol. The maximum absolute atomic E-state index is 12.9. The van der Waals surface area contributed by atoms with Gasteiger partial charge in [-0.15, -0.1) is 0 Å². The van der Waals surface area contributed by atoms with Gasteiger partial charge in [0.1, 0.15) is 6.54 Å². The number of nitrogens with zero attached hydrogens (tertiary/aromatic N) is 3. The molecular formula is C25H27N5OS. The predicted octanol–water partition coefficient (Wildman–Crippen LogP) is 4.45. The molecule has 3 heterocycles. The summed E-state index contributed by atoms with van der Waals surface area (Å²) in [6.45, 7) is 4.51. The number of carbonyl (C=O) groups excluding carboxylic acids is 1. The van der Waals surface area contributed by atoms with E-state index in [2.05, 4.69) is 40.1 Å². The molecule has 1 amide bonds. The number of hydrogen-bond donors (Lipinski definition) is 2. The van der Waals surface area contributed by atoms with Crippen LogP contribution in [-0.4, -0.2) is 32.0 Å². The molecule has 2 aliphatic rings. The Morgan fingerprint density at radius 1 is 1.16 bits per heavy atom. The molecule has 32 heavy (non-hydrogen) atoms. The van der Waals surface area contributed by atoms with Crippen molar-refractivity contribution in [3.8, 4) is 0 Å². The summed E-state index contributed by atoms with van der Waals surface area (Å²) in [6, 6.07) is 18.0. The van der Waals surface area contributed by atoms with Crippen LogP contribution >= 0.6 is 12.2 Å². The standard InChI is InChI=1S/C25H27N5OS/c1-16-14-20(17(2)30(16)19-11-12-19)24-23(21-10-6-7-13-26-21)28-25(32)29(24)15-22(31)27-18-8-4-3-5-9-18/h3-10,13-14,19,23-24H,11-12,15H2,1-2H3,(H,27,31)(H,28,32)/t23-,24+/m0/s1. The third kappa shape index (κ3) is 3.88. The van der Waals surface area contributed by atoms with Crippen molar-refractivity contribution in [1.29, 1.82) is 0 Å². The minimum absolute atomic E-state index is 0.0944. The van der Waals surface area contributed by atoms with E-state index in [-0.39, 0.29) is 24.5 Å². The first-order chi connectivity index (χ1) is 15.5. The van der Waals surface area contributed by atoms with Crippen molar-refractivity contribution in [3.05, 3.63) is 83.4 Å². The van der Waals surface area contributed by atoms with E-state index >= 15 is 0 Å². The number of amides is 1. The van der Waals surface area contributed by atoms with E-state index in [0.717, 1.165) is 11.4 Å². The maximum atomic E-state index is 12.9. The minimum Gasteiger partial charge on any atom is -0.352 e. The lowest BCUT2D eigenvalue weighted by Gasteiger charge is -2.27. The van der Waals surface area contributed by atoms with E-state index in [4.69, 9.17) is 12.2 Å². The second kappa shape index (κ2) is 8.39. The molecular weight excluding hydrogens is 418 g/mol. The highest BCUT2D eigenvalue weighted by Gasteiger charge is 2.42. The summed E-state index contributed by atoms with van der Waals surface area (Å²) in [5.41, 5.74) is 5.40. The molecule has 2 atom stereocenters. The zero-order chi connectivity index (χ0) is 22.2. The number of carbonyl (C=O) groups is 1. The van der Waals surface area contributed by atoms with Crippen molar-refractivity contribution < 1.29 is 4.79 Å². The lowest BCUT2D eigenvalue weighted by atomic mass is 9.96. The van der Waals surface area contributed by atoms with Crippen LogP contribution in [0.1, 0.15) is 53.6 Å². The monoisotopic (exact) mass is 445 g/mol. The quantitative estimate of drug-likeness (QED) is 0.549. The highest BCUT2D eigenvalue weighted by molar-refractivity contribution is 7.80. The summed E-state index contributed by atoms with van der Waals surface area (Å²) in [4.78, 5) is 19.6. The van der Waals surface area contributed by atoms with Crippen LogP contribution in [0.2, 0.25) is 0 Å². The van der Waals surface area contributed by atoms with Crippen molar-refractivity contribution in [2.45, 2.75) is 44.8 Å². The molecule has 0 radical (unpaired) electrons. The molecule has 2 N–H and O–H groups in total. The number of thiocarbonyl (C=S) groups is 1. The number of anilines is 1. The Balaban J connectivity index is 1.49. The molecule has 0 spiro atoms. The largest absolute Gasteiger partial charge is 0.352 e. The fraction of sp³-hybridized carbons (Fsp3) is 0.320. The molecule has 0 unspecified atom stereocenters. The van der Waals surface area contributed by atoms with Gasteiger partial charge in [-0.25, -0.2) is 0 Å². The molecule has 1 aromatic carbocycles. The summed E-state index contributed by atoms with van der Waals surface area (Å²) < 4.78 is 2.44. The van der Waals surface area contributed by atoms with Crippen LogP contribution < -0.4 is 10.6 Å². The molecule has 7 heteroatoms. The van der Waals surface area contributed by atoms with Gasteiger partial charge in [-0.05, 0) is 74.8 Å². The Kier molecular flexibility index (Phi) is 5.43. The lowest BCUT2D eigenvalue weighted by molar-refractivity contribution is -0.116. The van der Waals surface area contributed by atoms with E-state index in [1.807, 2.05) is 53.4 Å². The SMILES string of the molecule is Cc1cc([C@@H]2[C@H](c3ccccn3)NC(=S)N2CC(=O)Nc2ccccc2)c(C)n1C1CC1. The Morgan fingerprint density at radius 2 is 1.91 bits per heavy atom. The summed E-state index contributed by atoms with van der Waals surface area (Å²) in [7, 11) is 0. The van der Waals surface area contributed by atoms with Gasteiger partial charge < -0.3 is 20.1 Å². The van der Waals surface area contributed by atoms with Gasteiger partial charge in [-0.2, -0.15) is 0 Å². The van der Waals surface area contributed by atoms with E-state index < -0.39 is 0 Å². The number of aromatic nitrogens is 2. The Bertz CT molecular complexity index is 1140. The first-order valence-corrected chi connectivity index (χ1v) is 11.4. The number of para-hydroxylation sites is 1. The lowest BCUT2D eigenvalue weighted by Crippen LogP contribution is -2.37. The molecule has 6 nitrogen and oxygen atoms in total. The van der Waals surface area contributed by atoms with Crippen molar-refractivity contribution >= 4 is 28.9 Å². The molecule has 3 aromatic rings. The highest BCUT2D eigenvalue weighted by Crippen LogP contribution is 2.44. The van der Waals surface area contributed by atoms with Crippen LogP contribution in [0.5, 0.6) is 0 Å². The molecule has 1 saturated heterocycles. The fourth-order valence-electron chi connectivity index (χ4n) is 4.79. The van der Waals surface area contributed by atoms with Crippen LogP contribution in [0.4, 0.5) is 5.69 Å². The van der Waals surface area contributed by atoms with Gasteiger partial charge >= 0.3 is 0 Å². The normalized spacial score (nSPS) is 20.3. The zero-order valence-electron chi connectivity index (χ0n) is 18.3. The number of nitrogens with one attached hydrogen (secondary N) is 2. The first-order valence-electron chi connectivity index (χ1n) is 11.0. The molecule has 1 aliphatic heterocycles. The average molecular weight is 446 g/mol. The molecule has 5 rings (SSSR count). The van der Waals surface area contributed by atoms with Crippen molar-refractivity contribution in [2.24, 2.45) is 0 Å². The Morgan fingerprint density at radius 3 is 2.59 bits per heavy atom. The summed E-state index contributed by atoms with van der Waals surface area (Å²) in [5, 5.41) is 7.01. The van der Waals surface area contributed by atoms with Crippen molar-refractivity contribution in [2.75, 3.05) is 11.9 Å². The Labute approximate surface area is 193 Å². The summed E-state index contributed by atoms with van der Waals surface area (Å²) >= 11 is 5.72. The maximum Gasteiger partial charge on any atom is 0.244 e. The van der Waals surface area contributed by atoms with Gasteiger partial charge in [-0.3, -0.25) is 9.78 Å². The third-order valence-electron chi connectivity index (χ3n) is 6.32. The second-order valence-electron chi connectivity index (χ2n) is 8.60. The smallest absolute Gasteiger partial charge is 0.244 e. The summed E-state index contributed by atoms with van der Waals surface area (Å²) in [5.74, 6) is -0.0944. The van der Waals surface area contributed by atoms with Gasteiger partial charge in [0.05, 0.1) is 17.8 Å². The third-order valence-corrected chi connectivity index (χ3v) is 6.68. The summed E-state index contributed by atoms with van der Waals surface area (Å²) in [6.07, 6.45) is 4.25. The number of rotatable bonds is 6.